The Balaban J connectivity index is 1.34. The highest BCUT2D eigenvalue weighted by Gasteiger charge is 2.26. The highest BCUT2D eigenvalue weighted by Crippen LogP contribution is 2.25. The Bertz CT molecular complexity index is 1090. The minimum Gasteiger partial charge on any atom is -0.497 e. The van der Waals surface area contributed by atoms with Crippen LogP contribution in [0.4, 0.5) is 5.69 Å². The summed E-state index contributed by atoms with van der Waals surface area (Å²) < 4.78 is 5.26. The Morgan fingerprint density at radius 3 is 2.23 bits per heavy atom. The van der Waals surface area contributed by atoms with Crippen LogP contribution in [-0.2, 0) is 16.1 Å². The number of anilines is 1. The number of nitrogens with zero attached hydrogens (tertiary/aromatic N) is 4. The van der Waals surface area contributed by atoms with Crippen molar-refractivity contribution in [3.63, 3.8) is 0 Å². The average Bonchev–Trinajstić information content (AvgIpc) is 2.93. The molecule has 1 aromatic carbocycles. The Morgan fingerprint density at radius 2 is 1.60 bits per heavy atom. The summed E-state index contributed by atoms with van der Waals surface area (Å²) in [6, 6.07) is 15.5. The number of carbonyl (C=O) groups excluding carboxylic acids is 2. The first-order chi connectivity index (χ1) is 17.1. The number of piperazine rings is 1. The summed E-state index contributed by atoms with van der Waals surface area (Å²) in [4.78, 5) is 37.7. The number of hydrogen-bond donors (Lipinski definition) is 2. The zero-order valence-electron chi connectivity index (χ0n) is 19.8. The summed E-state index contributed by atoms with van der Waals surface area (Å²) in [6.45, 7) is 3.89. The minimum atomic E-state index is -0.664. The Labute approximate surface area is 205 Å². The van der Waals surface area contributed by atoms with Gasteiger partial charge in [0.05, 0.1) is 13.2 Å². The maximum absolute atomic E-state index is 12.5. The fourth-order valence-electron chi connectivity index (χ4n) is 4.15. The van der Waals surface area contributed by atoms with Crippen LogP contribution in [0.1, 0.15) is 17.2 Å². The Morgan fingerprint density at radius 1 is 0.914 bits per heavy atom. The van der Waals surface area contributed by atoms with Crippen molar-refractivity contribution >= 4 is 17.5 Å². The molecule has 0 bridgehead atoms. The predicted molar refractivity (Wildman–Crippen MR) is 133 cm³/mol. The molecule has 4 rings (SSSR count). The van der Waals surface area contributed by atoms with Gasteiger partial charge < -0.3 is 20.3 Å². The summed E-state index contributed by atoms with van der Waals surface area (Å²) in [5.41, 5.74) is 2.99. The third-order valence-corrected chi connectivity index (χ3v) is 6.10. The maximum Gasteiger partial charge on any atom is 0.309 e. The molecule has 2 aromatic heterocycles. The van der Waals surface area contributed by atoms with Crippen molar-refractivity contribution in [2.24, 2.45) is 0 Å². The topological polar surface area (TPSA) is 99.7 Å². The van der Waals surface area contributed by atoms with Gasteiger partial charge in [0, 0.05) is 69.7 Å². The van der Waals surface area contributed by atoms with E-state index < -0.39 is 11.8 Å². The predicted octanol–water partition coefficient (Wildman–Crippen LogP) is 1.78. The van der Waals surface area contributed by atoms with Gasteiger partial charge in [-0.15, -0.1) is 0 Å². The number of carbonyl (C=O) groups is 2. The van der Waals surface area contributed by atoms with Crippen LogP contribution < -0.4 is 20.3 Å². The molecular weight excluding hydrogens is 444 g/mol. The molecule has 3 aromatic rings. The molecule has 9 heteroatoms. The van der Waals surface area contributed by atoms with Crippen LogP contribution in [-0.4, -0.2) is 66.5 Å². The SMILES string of the molecule is COc1ccc(N2CCN([C@H](CNC(=O)C(=O)NCc3cccnc3)c3cccnc3)CC2)cc1. The molecule has 0 unspecified atom stereocenters. The molecule has 1 atom stereocenters. The van der Waals surface area contributed by atoms with Crippen LogP contribution in [0.15, 0.2) is 73.3 Å². The summed E-state index contributed by atoms with van der Waals surface area (Å²) in [7, 11) is 1.66. The summed E-state index contributed by atoms with van der Waals surface area (Å²) in [5, 5.41) is 5.45. The molecular formula is C26H30N6O3. The van der Waals surface area contributed by atoms with Gasteiger partial charge in [0.2, 0.25) is 0 Å². The molecule has 0 spiro atoms. The van der Waals surface area contributed by atoms with Gasteiger partial charge in [0.25, 0.3) is 0 Å². The molecule has 0 saturated carbocycles. The molecule has 0 aliphatic carbocycles. The highest BCUT2D eigenvalue weighted by molar-refractivity contribution is 6.35. The number of rotatable bonds is 8. The third-order valence-electron chi connectivity index (χ3n) is 6.10. The van der Waals surface area contributed by atoms with E-state index in [4.69, 9.17) is 4.74 Å². The quantitative estimate of drug-likeness (QED) is 0.480. The summed E-state index contributed by atoms with van der Waals surface area (Å²) in [6.07, 6.45) is 6.86. The first-order valence-electron chi connectivity index (χ1n) is 11.6. The molecule has 35 heavy (non-hydrogen) atoms. The average molecular weight is 475 g/mol. The van der Waals surface area contributed by atoms with E-state index in [1.807, 2.05) is 36.5 Å². The molecule has 2 amide bonds. The van der Waals surface area contributed by atoms with E-state index in [2.05, 4.69) is 42.5 Å². The van der Waals surface area contributed by atoms with E-state index in [0.29, 0.717) is 6.54 Å². The number of nitrogens with one attached hydrogen (secondary N) is 2. The largest absolute Gasteiger partial charge is 0.497 e. The van der Waals surface area contributed by atoms with Crippen molar-refractivity contribution in [2.45, 2.75) is 12.6 Å². The van der Waals surface area contributed by atoms with Crippen molar-refractivity contribution in [2.75, 3.05) is 44.7 Å². The second-order valence-corrected chi connectivity index (χ2v) is 8.28. The normalized spacial score (nSPS) is 14.7. The lowest BCUT2D eigenvalue weighted by Gasteiger charge is -2.40. The highest BCUT2D eigenvalue weighted by atomic mass is 16.5. The lowest BCUT2D eigenvalue weighted by atomic mass is 10.1. The fraction of sp³-hybridized carbons (Fsp3) is 0.308. The van der Waals surface area contributed by atoms with Crippen LogP contribution >= 0.6 is 0 Å². The number of hydrogen-bond acceptors (Lipinski definition) is 7. The van der Waals surface area contributed by atoms with E-state index >= 15 is 0 Å². The van der Waals surface area contributed by atoms with E-state index in [-0.39, 0.29) is 12.6 Å². The molecule has 9 nitrogen and oxygen atoms in total. The number of ether oxygens (including phenoxy) is 1. The first-order valence-corrected chi connectivity index (χ1v) is 11.6. The van der Waals surface area contributed by atoms with Gasteiger partial charge >= 0.3 is 11.8 Å². The van der Waals surface area contributed by atoms with Gasteiger partial charge in [-0.05, 0) is 47.5 Å². The molecule has 182 valence electrons. The van der Waals surface area contributed by atoms with Crippen molar-refractivity contribution in [3.05, 3.63) is 84.4 Å². The van der Waals surface area contributed by atoms with Crippen molar-refractivity contribution < 1.29 is 14.3 Å². The van der Waals surface area contributed by atoms with Gasteiger partial charge in [0.1, 0.15) is 5.75 Å². The van der Waals surface area contributed by atoms with Gasteiger partial charge in [-0.2, -0.15) is 0 Å². The number of benzene rings is 1. The van der Waals surface area contributed by atoms with Gasteiger partial charge in [0.15, 0.2) is 0 Å². The first kappa shape index (κ1) is 24.2. The van der Waals surface area contributed by atoms with Crippen LogP contribution in [0.2, 0.25) is 0 Å². The molecule has 3 heterocycles. The van der Waals surface area contributed by atoms with Crippen molar-refractivity contribution in [3.8, 4) is 5.75 Å². The summed E-state index contributed by atoms with van der Waals surface area (Å²) >= 11 is 0. The monoisotopic (exact) mass is 474 g/mol. The van der Waals surface area contributed by atoms with Crippen LogP contribution in [0, 0.1) is 0 Å². The fourth-order valence-corrected chi connectivity index (χ4v) is 4.15. The van der Waals surface area contributed by atoms with Crippen molar-refractivity contribution in [1.29, 1.82) is 0 Å². The van der Waals surface area contributed by atoms with Gasteiger partial charge in [-0.25, -0.2) is 0 Å². The smallest absolute Gasteiger partial charge is 0.309 e. The minimum absolute atomic E-state index is 0.0863. The zero-order chi connectivity index (χ0) is 24.5. The van der Waals surface area contributed by atoms with Crippen LogP contribution in [0.25, 0.3) is 0 Å². The van der Waals surface area contributed by atoms with Crippen LogP contribution in [0.3, 0.4) is 0 Å². The lowest BCUT2D eigenvalue weighted by molar-refractivity contribution is -0.139. The molecule has 1 saturated heterocycles. The van der Waals surface area contributed by atoms with E-state index in [9.17, 15) is 9.59 Å². The van der Waals surface area contributed by atoms with E-state index in [0.717, 1.165) is 48.7 Å². The maximum atomic E-state index is 12.5. The zero-order valence-corrected chi connectivity index (χ0v) is 19.8. The van der Waals surface area contributed by atoms with Crippen LogP contribution in [0.5, 0.6) is 5.75 Å². The van der Waals surface area contributed by atoms with E-state index in [1.165, 1.54) is 0 Å². The lowest BCUT2D eigenvalue weighted by Crippen LogP contribution is -2.50. The number of methoxy groups -OCH3 is 1. The third kappa shape index (κ3) is 6.54. The Hall–Kier alpha value is -3.98. The standard InChI is InChI=1S/C26H30N6O3/c1-35-23-8-6-22(7-9-23)31-12-14-32(15-13-31)24(21-5-3-11-28-18-21)19-30-26(34)25(33)29-17-20-4-2-10-27-16-20/h2-11,16,18,24H,12-15,17,19H2,1H3,(H,29,33)(H,30,34)/t24-/m1/s1. The van der Waals surface area contributed by atoms with Crippen molar-refractivity contribution in [1.82, 2.24) is 25.5 Å². The molecule has 1 fully saturated rings. The molecule has 1 aliphatic heterocycles. The molecule has 1 aliphatic rings. The number of pyridine rings is 2. The van der Waals surface area contributed by atoms with Gasteiger partial charge in [-0.1, -0.05) is 12.1 Å². The summed E-state index contributed by atoms with van der Waals surface area (Å²) in [5.74, 6) is -0.480. The second kappa shape index (κ2) is 11.9. The van der Waals surface area contributed by atoms with Gasteiger partial charge in [-0.3, -0.25) is 24.5 Å². The Kier molecular flexibility index (Phi) is 8.24. The molecule has 2 N–H and O–H groups in total. The molecule has 0 radical (unpaired) electrons. The van der Waals surface area contributed by atoms with E-state index in [1.54, 1.807) is 31.8 Å². The second-order valence-electron chi connectivity index (χ2n) is 8.28. The number of aromatic nitrogens is 2. The number of amides is 2.